The molecule has 0 saturated heterocycles. The van der Waals surface area contributed by atoms with Crippen LogP contribution in [0, 0.1) is 0 Å². The molecule has 31 heavy (non-hydrogen) atoms. The Morgan fingerprint density at radius 3 is 1.61 bits per heavy atom. The molecule has 176 valence electrons. The van der Waals surface area contributed by atoms with Crippen molar-refractivity contribution in [3.05, 3.63) is 23.4 Å². The molecule has 2 aromatic rings. The quantitative estimate of drug-likeness (QED) is 0.388. The van der Waals surface area contributed by atoms with Gasteiger partial charge in [0.2, 0.25) is 11.9 Å². The Morgan fingerprint density at radius 2 is 1.26 bits per heavy atom. The Balaban J connectivity index is 0.00000450. The van der Waals surface area contributed by atoms with Crippen LogP contribution in [0.2, 0.25) is 5.15 Å². The van der Waals surface area contributed by atoms with Crippen molar-refractivity contribution < 1.29 is 26.3 Å². The number of halogens is 7. The summed E-state index contributed by atoms with van der Waals surface area (Å²) in [6.07, 6.45) is -9.91. The molecule has 0 aliphatic heterocycles. The topological polar surface area (TPSA) is 75.6 Å². The first-order valence-electron chi connectivity index (χ1n) is 8.49. The third-order valence-electron chi connectivity index (χ3n) is 3.79. The van der Waals surface area contributed by atoms with Crippen LogP contribution >= 0.6 is 38.6 Å². The second-order valence-electron chi connectivity index (χ2n) is 5.95. The fourth-order valence-corrected chi connectivity index (χ4v) is 2.46. The van der Waals surface area contributed by atoms with Crippen LogP contribution < -0.4 is 10.6 Å². The van der Waals surface area contributed by atoms with Crippen LogP contribution in [-0.2, 0) is 0 Å². The molecule has 0 aliphatic carbocycles. The molecule has 6 nitrogen and oxygen atoms in total. The Morgan fingerprint density at radius 1 is 0.806 bits per heavy atom. The van der Waals surface area contributed by atoms with Crippen LogP contribution in [0.25, 0.3) is 11.5 Å². The van der Waals surface area contributed by atoms with Crippen molar-refractivity contribution in [3.8, 4) is 11.5 Å². The van der Waals surface area contributed by atoms with Crippen molar-refractivity contribution in [3.63, 3.8) is 0 Å². The lowest BCUT2D eigenvalue weighted by atomic mass is 10.2. The summed E-state index contributed by atoms with van der Waals surface area (Å²) < 4.78 is 78.5. The van der Waals surface area contributed by atoms with Gasteiger partial charge in [0.1, 0.15) is 22.9 Å². The Hall–Kier alpha value is -1.67. The number of alkyl halides is 6. The highest BCUT2D eigenvalue weighted by atomic mass is 35.5. The standard InChI is InChI=1S/C16H17ClF6N6.2H2S/c1-3-9(15(18,19)20)25-13-27-12(8-6-5-7-11(17)24-8)28-14(29-13)26-10(4-2)16(21,22)23;;/h5-7,9-10H,3-4H2,1-2H3,(H2,25,26,27,28,29);2*1H2/t9-,10-;;/m0../s1. The monoisotopic (exact) mass is 510 g/mol. The van der Waals surface area contributed by atoms with Crippen molar-refractivity contribution >= 4 is 50.5 Å². The van der Waals surface area contributed by atoms with E-state index < -0.39 is 36.3 Å². The zero-order valence-corrected chi connectivity index (χ0v) is 19.0. The SMILES string of the molecule is CC[C@H](Nc1nc(N[C@@H](CC)C(F)(F)F)nc(-c2cccc(Cl)n2)n1)C(F)(F)F.S.S. The Bertz CT molecular complexity index is 797. The van der Waals surface area contributed by atoms with Gasteiger partial charge in [0.05, 0.1) is 0 Å². The molecule has 0 saturated carbocycles. The Kier molecular flexibility index (Phi) is 11.2. The first-order chi connectivity index (χ1) is 13.4. The minimum absolute atomic E-state index is 0. The zero-order valence-electron chi connectivity index (χ0n) is 16.2. The number of pyridine rings is 1. The lowest BCUT2D eigenvalue weighted by Crippen LogP contribution is -2.37. The minimum atomic E-state index is -4.61. The van der Waals surface area contributed by atoms with Gasteiger partial charge >= 0.3 is 12.4 Å². The molecule has 0 spiro atoms. The summed E-state index contributed by atoms with van der Waals surface area (Å²) in [5.41, 5.74) is 0.0612. The average Bonchev–Trinajstić information content (AvgIpc) is 2.62. The second-order valence-corrected chi connectivity index (χ2v) is 6.33. The van der Waals surface area contributed by atoms with E-state index in [9.17, 15) is 26.3 Å². The molecule has 2 rings (SSSR count). The van der Waals surface area contributed by atoms with E-state index in [0.717, 1.165) is 0 Å². The van der Waals surface area contributed by atoms with E-state index in [1.54, 1.807) is 0 Å². The summed E-state index contributed by atoms with van der Waals surface area (Å²) in [7, 11) is 0. The largest absolute Gasteiger partial charge is 0.408 e. The molecule has 0 radical (unpaired) electrons. The number of aromatic nitrogens is 4. The van der Waals surface area contributed by atoms with E-state index in [2.05, 4.69) is 30.6 Å². The van der Waals surface area contributed by atoms with Gasteiger partial charge in [-0.15, -0.1) is 0 Å². The van der Waals surface area contributed by atoms with E-state index in [1.807, 2.05) is 0 Å². The summed E-state index contributed by atoms with van der Waals surface area (Å²) in [5.74, 6) is -1.32. The number of anilines is 2. The number of hydrogen-bond acceptors (Lipinski definition) is 6. The van der Waals surface area contributed by atoms with Gasteiger partial charge in [0, 0.05) is 0 Å². The van der Waals surface area contributed by atoms with Crippen LogP contribution in [0.15, 0.2) is 18.2 Å². The van der Waals surface area contributed by atoms with Gasteiger partial charge < -0.3 is 10.6 Å². The normalized spacial score (nSPS) is 13.5. The molecule has 2 aromatic heterocycles. The summed E-state index contributed by atoms with van der Waals surface area (Å²) in [6, 6.07) is 0.351. The van der Waals surface area contributed by atoms with Crippen LogP contribution in [0.3, 0.4) is 0 Å². The maximum absolute atomic E-state index is 13.1. The molecule has 2 atom stereocenters. The van der Waals surface area contributed by atoms with Crippen LogP contribution in [0.1, 0.15) is 26.7 Å². The second kappa shape index (κ2) is 11.8. The molecule has 2 N–H and O–H groups in total. The highest BCUT2D eigenvalue weighted by Crippen LogP contribution is 2.28. The first kappa shape index (κ1) is 29.3. The fraction of sp³-hybridized carbons (Fsp3) is 0.500. The van der Waals surface area contributed by atoms with E-state index in [-0.39, 0.29) is 56.5 Å². The maximum Gasteiger partial charge on any atom is 0.408 e. The van der Waals surface area contributed by atoms with Gasteiger partial charge in [-0.1, -0.05) is 31.5 Å². The summed E-state index contributed by atoms with van der Waals surface area (Å²) >= 11 is 5.80. The molecule has 2 heterocycles. The van der Waals surface area contributed by atoms with Gasteiger partial charge in [-0.3, -0.25) is 0 Å². The van der Waals surface area contributed by atoms with Gasteiger partial charge in [0.25, 0.3) is 0 Å². The number of rotatable bonds is 7. The Labute approximate surface area is 193 Å². The summed E-state index contributed by atoms with van der Waals surface area (Å²) in [5, 5.41) is 4.24. The zero-order chi connectivity index (χ0) is 21.8. The third-order valence-corrected chi connectivity index (χ3v) is 4.00. The fourth-order valence-electron chi connectivity index (χ4n) is 2.29. The average molecular weight is 511 g/mol. The molecule has 0 amide bonds. The molecule has 0 aliphatic rings. The minimum Gasteiger partial charge on any atom is -0.342 e. The van der Waals surface area contributed by atoms with Gasteiger partial charge in [-0.2, -0.15) is 68.3 Å². The number of nitrogens with zero attached hydrogens (tertiary/aromatic N) is 4. The molecule has 0 unspecified atom stereocenters. The third kappa shape index (κ3) is 8.41. The lowest BCUT2D eigenvalue weighted by Gasteiger charge is -2.22. The van der Waals surface area contributed by atoms with Crippen molar-refractivity contribution in [2.24, 2.45) is 0 Å². The summed E-state index contributed by atoms with van der Waals surface area (Å²) in [6.45, 7) is 2.59. The summed E-state index contributed by atoms with van der Waals surface area (Å²) in [4.78, 5) is 15.3. The van der Waals surface area contributed by atoms with Crippen LogP contribution in [-0.4, -0.2) is 44.4 Å². The van der Waals surface area contributed by atoms with Gasteiger partial charge in [-0.25, -0.2) is 4.98 Å². The first-order valence-corrected chi connectivity index (χ1v) is 8.87. The van der Waals surface area contributed by atoms with Gasteiger partial charge in [-0.05, 0) is 25.0 Å². The maximum atomic E-state index is 13.1. The van der Waals surface area contributed by atoms with Gasteiger partial charge in [0.15, 0.2) is 5.82 Å². The lowest BCUT2D eigenvalue weighted by molar-refractivity contribution is -0.143. The number of hydrogen-bond donors (Lipinski definition) is 2. The van der Waals surface area contributed by atoms with E-state index in [4.69, 9.17) is 11.6 Å². The molecule has 0 bridgehead atoms. The van der Waals surface area contributed by atoms with E-state index in [1.165, 1.54) is 32.0 Å². The molecule has 15 heteroatoms. The van der Waals surface area contributed by atoms with Crippen molar-refractivity contribution in [2.75, 3.05) is 10.6 Å². The van der Waals surface area contributed by atoms with Crippen LogP contribution in [0.4, 0.5) is 38.2 Å². The molecular weight excluding hydrogens is 490 g/mol. The smallest absolute Gasteiger partial charge is 0.342 e. The van der Waals surface area contributed by atoms with Crippen molar-refractivity contribution in [1.82, 2.24) is 19.9 Å². The predicted molar refractivity (Wildman–Crippen MR) is 116 cm³/mol. The van der Waals surface area contributed by atoms with Crippen molar-refractivity contribution in [2.45, 2.75) is 51.1 Å². The molecular formula is C16H21ClF6N6S2. The number of nitrogens with one attached hydrogen (secondary N) is 2. The highest BCUT2D eigenvalue weighted by molar-refractivity contribution is 7.59. The van der Waals surface area contributed by atoms with Crippen LogP contribution in [0.5, 0.6) is 0 Å². The molecule has 0 aromatic carbocycles. The van der Waals surface area contributed by atoms with E-state index in [0.29, 0.717) is 0 Å². The van der Waals surface area contributed by atoms with Crippen molar-refractivity contribution in [1.29, 1.82) is 0 Å². The molecule has 0 fully saturated rings. The predicted octanol–water partition coefficient (Wildman–Crippen LogP) is 5.32. The highest BCUT2D eigenvalue weighted by Gasteiger charge is 2.40. The van der Waals surface area contributed by atoms with E-state index >= 15 is 0 Å².